The Kier molecular flexibility index (Phi) is 5.05. The molecule has 9 heteroatoms. The van der Waals surface area contributed by atoms with Gasteiger partial charge in [-0.15, -0.1) is 10.2 Å². The summed E-state index contributed by atoms with van der Waals surface area (Å²) in [6.45, 7) is 0. The zero-order valence-corrected chi connectivity index (χ0v) is 13.7. The van der Waals surface area contributed by atoms with Crippen molar-refractivity contribution in [3.05, 3.63) is 76.1 Å². The van der Waals surface area contributed by atoms with Gasteiger partial charge < -0.3 is 5.11 Å². The number of hydrogen-bond acceptors (Lipinski definition) is 7. The van der Waals surface area contributed by atoms with E-state index >= 15 is 0 Å². The molecule has 0 unspecified atom stereocenters. The van der Waals surface area contributed by atoms with Crippen molar-refractivity contribution in [1.29, 1.82) is 0 Å². The van der Waals surface area contributed by atoms with Crippen molar-refractivity contribution in [2.75, 3.05) is 0 Å². The average molecular weight is 355 g/mol. The Labute approximate surface area is 147 Å². The lowest BCUT2D eigenvalue weighted by molar-refractivity contribution is -0.385. The number of aromatic hydroxyl groups is 1. The van der Waals surface area contributed by atoms with Crippen LogP contribution in [0.25, 0.3) is 0 Å². The second-order valence-corrected chi connectivity index (χ2v) is 5.92. The van der Waals surface area contributed by atoms with Crippen LogP contribution in [-0.2, 0) is 5.75 Å². The number of phenolic OH excluding ortho intramolecular Hbond substituents is 1. The SMILES string of the molecule is O=[N+]([O-])c1cc(/C=N/n2cnnc2SCc2ccccc2)ccc1O. The third kappa shape index (κ3) is 4.21. The number of nitrogens with zero attached hydrogens (tertiary/aromatic N) is 5. The molecular formula is C16H13N5O3S. The van der Waals surface area contributed by atoms with Gasteiger partial charge in [0.2, 0.25) is 5.16 Å². The summed E-state index contributed by atoms with van der Waals surface area (Å²) in [6, 6.07) is 14.0. The quantitative estimate of drug-likeness (QED) is 0.315. The van der Waals surface area contributed by atoms with Gasteiger partial charge in [-0.05, 0) is 17.7 Å². The third-order valence-corrected chi connectivity index (χ3v) is 4.24. The number of nitro benzene ring substituents is 1. The van der Waals surface area contributed by atoms with Crippen molar-refractivity contribution in [1.82, 2.24) is 14.9 Å². The van der Waals surface area contributed by atoms with Gasteiger partial charge in [-0.2, -0.15) is 9.78 Å². The fraction of sp³-hybridized carbons (Fsp3) is 0.0625. The van der Waals surface area contributed by atoms with E-state index in [0.29, 0.717) is 10.7 Å². The molecule has 1 N–H and O–H groups in total. The zero-order chi connectivity index (χ0) is 17.6. The lowest BCUT2D eigenvalue weighted by Crippen LogP contribution is -1.94. The Morgan fingerprint density at radius 1 is 1.28 bits per heavy atom. The molecule has 0 aliphatic carbocycles. The van der Waals surface area contributed by atoms with Crippen LogP contribution < -0.4 is 0 Å². The smallest absolute Gasteiger partial charge is 0.311 e. The number of nitro groups is 1. The number of benzene rings is 2. The molecular weight excluding hydrogens is 342 g/mol. The van der Waals surface area contributed by atoms with E-state index in [1.165, 1.54) is 47.2 Å². The van der Waals surface area contributed by atoms with Gasteiger partial charge in [0, 0.05) is 17.4 Å². The van der Waals surface area contributed by atoms with E-state index in [9.17, 15) is 15.2 Å². The van der Waals surface area contributed by atoms with E-state index in [4.69, 9.17) is 0 Å². The maximum atomic E-state index is 10.9. The standard InChI is InChI=1S/C16H13N5O3S/c22-15-7-6-13(8-14(15)21(23)24)9-18-20-11-17-19-16(20)25-10-12-4-2-1-3-5-12/h1-9,11,22H,10H2/b18-9+. The summed E-state index contributed by atoms with van der Waals surface area (Å²) < 4.78 is 1.49. The average Bonchev–Trinajstić information content (AvgIpc) is 3.07. The monoisotopic (exact) mass is 355 g/mol. The Morgan fingerprint density at radius 2 is 2.08 bits per heavy atom. The zero-order valence-electron chi connectivity index (χ0n) is 12.9. The Hall–Kier alpha value is -3.20. The molecule has 25 heavy (non-hydrogen) atoms. The lowest BCUT2D eigenvalue weighted by Gasteiger charge is -2.01. The van der Waals surface area contributed by atoms with Gasteiger partial charge in [-0.25, -0.2) is 0 Å². The Balaban J connectivity index is 1.73. The largest absolute Gasteiger partial charge is 0.502 e. The lowest BCUT2D eigenvalue weighted by atomic mass is 10.2. The first kappa shape index (κ1) is 16.7. The first-order chi connectivity index (χ1) is 12.1. The predicted octanol–water partition coefficient (Wildman–Crippen LogP) is 3.07. The van der Waals surface area contributed by atoms with Crippen LogP contribution >= 0.6 is 11.8 Å². The first-order valence-corrected chi connectivity index (χ1v) is 8.20. The van der Waals surface area contributed by atoms with Gasteiger partial charge in [0.25, 0.3) is 0 Å². The molecule has 3 aromatic rings. The van der Waals surface area contributed by atoms with Crippen LogP contribution in [-0.4, -0.2) is 31.1 Å². The van der Waals surface area contributed by atoms with Gasteiger partial charge in [0.15, 0.2) is 5.75 Å². The molecule has 0 bridgehead atoms. The summed E-state index contributed by atoms with van der Waals surface area (Å²) in [5.74, 6) is 0.338. The molecule has 1 heterocycles. The van der Waals surface area contributed by atoms with E-state index in [1.807, 2.05) is 30.3 Å². The molecule has 0 aliphatic rings. The van der Waals surface area contributed by atoms with Crippen molar-refractivity contribution in [2.24, 2.45) is 5.10 Å². The van der Waals surface area contributed by atoms with Crippen LogP contribution in [0.1, 0.15) is 11.1 Å². The van der Waals surface area contributed by atoms with Crippen LogP contribution in [0.4, 0.5) is 5.69 Å². The maximum Gasteiger partial charge on any atom is 0.311 e. The molecule has 0 aliphatic heterocycles. The minimum Gasteiger partial charge on any atom is -0.502 e. The Morgan fingerprint density at radius 3 is 2.84 bits per heavy atom. The first-order valence-electron chi connectivity index (χ1n) is 7.22. The van der Waals surface area contributed by atoms with Gasteiger partial charge >= 0.3 is 5.69 Å². The van der Waals surface area contributed by atoms with Crippen molar-refractivity contribution >= 4 is 23.7 Å². The van der Waals surface area contributed by atoms with Crippen LogP contribution in [0.15, 0.2) is 65.1 Å². The van der Waals surface area contributed by atoms with Crippen LogP contribution in [0.2, 0.25) is 0 Å². The summed E-state index contributed by atoms with van der Waals surface area (Å²) in [5, 5.41) is 33.0. The summed E-state index contributed by atoms with van der Waals surface area (Å²) in [7, 11) is 0. The van der Waals surface area contributed by atoms with E-state index < -0.39 is 4.92 Å². The summed E-state index contributed by atoms with van der Waals surface area (Å²) >= 11 is 1.48. The van der Waals surface area contributed by atoms with Gasteiger partial charge in [0.1, 0.15) is 6.33 Å². The summed E-state index contributed by atoms with van der Waals surface area (Å²) in [5.41, 5.74) is 1.27. The van der Waals surface area contributed by atoms with Crippen LogP contribution in [0, 0.1) is 10.1 Å². The second kappa shape index (κ2) is 7.58. The number of rotatable bonds is 6. The van der Waals surface area contributed by atoms with Crippen LogP contribution in [0.5, 0.6) is 5.75 Å². The molecule has 3 rings (SSSR count). The number of aromatic nitrogens is 3. The van der Waals surface area contributed by atoms with Crippen molar-refractivity contribution in [3.63, 3.8) is 0 Å². The molecule has 0 spiro atoms. The van der Waals surface area contributed by atoms with Gasteiger partial charge in [-0.3, -0.25) is 10.1 Å². The third-order valence-electron chi connectivity index (χ3n) is 3.24. The minimum atomic E-state index is -0.646. The summed E-state index contributed by atoms with van der Waals surface area (Å²) in [6.07, 6.45) is 2.90. The molecule has 8 nitrogen and oxygen atoms in total. The highest BCUT2D eigenvalue weighted by atomic mass is 32.2. The molecule has 0 radical (unpaired) electrons. The Bertz CT molecular complexity index is 911. The van der Waals surface area contributed by atoms with E-state index in [1.54, 1.807) is 0 Å². The molecule has 2 aromatic carbocycles. The molecule has 0 atom stereocenters. The van der Waals surface area contributed by atoms with E-state index in [2.05, 4.69) is 15.3 Å². The molecule has 0 saturated carbocycles. The number of phenols is 1. The fourth-order valence-electron chi connectivity index (χ4n) is 2.01. The summed E-state index contributed by atoms with van der Waals surface area (Å²) in [4.78, 5) is 10.2. The fourth-order valence-corrected chi connectivity index (χ4v) is 2.83. The minimum absolute atomic E-state index is 0.369. The normalized spacial score (nSPS) is 11.0. The van der Waals surface area contributed by atoms with Crippen LogP contribution in [0.3, 0.4) is 0 Å². The second-order valence-electron chi connectivity index (χ2n) is 4.98. The molecule has 0 saturated heterocycles. The predicted molar refractivity (Wildman–Crippen MR) is 93.8 cm³/mol. The molecule has 126 valence electrons. The van der Waals surface area contributed by atoms with Crippen molar-refractivity contribution in [3.8, 4) is 5.75 Å². The van der Waals surface area contributed by atoms with Crippen molar-refractivity contribution in [2.45, 2.75) is 10.9 Å². The van der Waals surface area contributed by atoms with Gasteiger partial charge in [0.05, 0.1) is 11.1 Å². The highest BCUT2D eigenvalue weighted by Gasteiger charge is 2.13. The molecule has 1 aromatic heterocycles. The number of hydrogen-bond donors (Lipinski definition) is 1. The van der Waals surface area contributed by atoms with E-state index in [-0.39, 0.29) is 11.4 Å². The molecule has 0 amide bonds. The van der Waals surface area contributed by atoms with Crippen molar-refractivity contribution < 1.29 is 10.0 Å². The highest BCUT2D eigenvalue weighted by molar-refractivity contribution is 7.98. The van der Waals surface area contributed by atoms with Gasteiger partial charge in [-0.1, -0.05) is 42.1 Å². The highest BCUT2D eigenvalue weighted by Crippen LogP contribution is 2.25. The maximum absolute atomic E-state index is 10.9. The number of thioether (sulfide) groups is 1. The van der Waals surface area contributed by atoms with E-state index in [0.717, 1.165) is 11.3 Å². The topological polar surface area (TPSA) is 106 Å². The molecule has 0 fully saturated rings.